The Kier molecular flexibility index (Phi) is 4.00. The van der Waals surface area contributed by atoms with E-state index in [0.29, 0.717) is 6.54 Å². The molecule has 0 N–H and O–H groups in total. The van der Waals surface area contributed by atoms with Gasteiger partial charge in [0.05, 0.1) is 5.92 Å². The summed E-state index contributed by atoms with van der Waals surface area (Å²) in [4.78, 5) is 14.6. The van der Waals surface area contributed by atoms with Crippen molar-refractivity contribution in [3.8, 4) is 0 Å². The molecule has 0 radical (unpaired) electrons. The molecular weight excluding hydrogens is 265 g/mol. The monoisotopic (exact) mass is 283 g/mol. The lowest BCUT2D eigenvalue weighted by atomic mass is 9.89. The van der Waals surface area contributed by atoms with Crippen LogP contribution in [0.4, 0.5) is 4.39 Å². The highest BCUT2D eigenvalue weighted by atomic mass is 19.1. The van der Waals surface area contributed by atoms with Crippen molar-refractivity contribution in [2.75, 3.05) is 6.54 Å². The molecule has 1 fully saturated rings. The van der Waals surface area contributed by atoms with Crippen molar-refractivity contribution in [3.05, 3.63) is 71.5 Å². The first-order chi connectivity index (χ1) is 10.2. The Labute approximate surface area is 124 Å². The van der Waals surface area contributed by atoms with E-state index in [1.807, 2.05) is 35.2 Å². The van der Waals surface area contributed by atoms with Crippen LogP contribution in [0.15, 0.2) is 54.6 Å². The van der Waals surface area contributed by atoms with Crippen LogP contribution < -0.4 is 0 Å². The molecule has 2 nitrogen and oxygen atoms in total. The first-order valence-electron chi connectivity index (χ1n) is 7.32. The zero-order valence-corrected chi connectivity index (χ0v) is 11.8. The molecule has 0 bridgehead atoms. The third-order valence-corrected chi connectivity index (χ3v) is 4.02. The van der Waals surface area contributed by atoms with E-state index in [0.717, 1.165) is 30.5 Å². The normalized spacial score (nSPS) is 18.8. The number of hydrogen-bond acceptors (Lipinski definition) is 1. The van der Waals surface area contributed by atoms with Crippen molar-refractivity contribution in [2.24, 2.45) is 0 Å². The molecule has 1 aliphatic rings. The summed E-state index contributed by atoms with van der Waals surface area (Å²) in [6.07, 6.45) is 1.83. The van der Waals surface area contributed by atoms with E-state index in [1.54, 1.807) is 12.1 Å². The smallest absolute Gasteiger partial charge is 0.230 e. The Morgan fingerprint density at radius 3 is 2.48 bits per heavy atom. The molecular formula is C18H18FNO. The molecule has 0 aromatic heterocycles. The van der Waals surface area contributed by atoms with Crippen LogP contribution in [0.25, 0.3) is 0 Å². The van der Waals surface area contributed by atoms with Gasteiger partial charge >= 0.3 is 0 Å². The Morgan fingerprint density at radius 1 is 1.05 bits per heavy atom. The number of carbonyl (C=O) groups excluding carboxylic acids is 1. The number of amides is 1. The standard InChI is InChI=1S/C18H18FNO/c19-16-10-8-15(9-11-16)17-7-4-12-20(18(17)21)13-14-5-2-1-3-6-14/h1-3,5-6,8-11,17H,4,7,12-13H2/t17-/m0/s1. The molecule has 1 heterocycles. The lowest BCUT2D eigenvalue weighted by molar-refractivity contribution is -0.135. The van der Waals surface area contributed by atoms with E-state index in [2.05, 4.69) is 0 Å². The number of hydrogen-bond donors (Lipinski definition) is 0. The molecule has 0 saturated carbocycles. The molecule has 3 rings (SSSR count). The number of benzene rings is 2. The largest absolute Gasteiger partial charge is 0.338 e. The number of nitrogens with zero attached hydrogens (tertiary/aromatic N) is 1. The molecule has 21 heavy (non-hydrogen) atoms. The van der Waals surface area contributed by atoms with Gasteiger partial charge in [-0.25, -0.2) is 4.39 Å². The molecule has 1 saturated heterocycles. The zero-order valence-electron chi connectivity index (χ0n) is 11.8. The summed E-state index contributed by atoms with van der Waals surface area (Å²) < 4.78 is 13.0. The van der Waals surface area contributed by atoms with E-state index >= 15 is 0 Å². The van der Waals surface area contributed by atoms with E-state index in [9.17, 15) is 9.18 Å². The van der Waals surface area contributed by atoms with Crippen LogP contribution in [0.2, 0.25) is 0 Å². The molecule has 108 valence electrons. The van der Waals surface area contributed by atoms with Gasteiger partial charge in [-0.2, -0.15) is 0 Å². The van der Waals surface area contributed by atoms with Gasteiger partial charge in [-0.1, -0.05) is 42.5 Å². The molecule has 2 aromatic carbocycles. The average molecular weight is 283 g/mol. The summed E-state index contributed by atoms with van der Waals surface area (Å²) in [7, 11) is 0. The van der Waals surface area contributed by atoms with Crippen LogP contribution >= 0.6 is 0 Å². The maximum atomic E-state index is 13.0. The number of likely N-dealkylation sites (tertiary alicyclic amines) is 1. The predicted molar refractivity (Wildman–Crippen MR) is 80.2 cm³/mol. The topological polar surface area (TPSA) is 20.3 Å². The predicted octanol–water partition coefficient (Wildman–Crippen LogP) is 3.73. The van der Waals surface area contributed by atoms with Gasteiger partial charge in [-0.15, -0.1) is 0 Å². The third-order valence-electron chi connectivity index (χ3n) is 4.02. The lowest BCUT2D eigenvalue weighted by Gasteiger charge is -2.32. The number of halogens is 1. The quantitative estimate of drug-likeness (QED) is 0.840. The Hall–Kier alpha value is -2.16. The summed E-state index contributed by atoms with van der Waals surface area (Å²) in [5.41, 5.74) is 2.06. The van der Waals surface area contributed by atoms with Gasteiger partial charge in [-0.3, -0.25) is 4.79 Å². The minimum Gasteiger partial charge on any atom is -0.338 e. The van der Waals surface area contributed by atoms with Crippen LogP contribution in [0.3, 0.4) is 0 Å². The van der Waals surface area contributed by atoms with Crippen molar-refractivity contribution in [1.82, 2.24) is 4.90 Å². The van der Waals surface area contributed by atoms with Crippen LogP contribution in [-0.4, -0.2) is 17.4 Å². The highest BCUT2D eigenvalue weighted by Gasteiger charge is 2.29. The first kappa shape index (κ1) is 13.8. The minimum absolute atomic E-state index is 0.136. The van der Waals surface area contributed by atoms with Crippen molar-refractivity contribution in [1.29, 1.82) is 0 Å². The van der Waals surface area contributed by atoms with E-state index in [-0.39, 0.29) is 17.6 Å². The summed E-state index contributed by atoms with van der Waals surface area (Å²) in [6, 6.07) is 16.3. The van der Waals surface area contributed by atoms with Crippen LogP contribution in [0, 0.1) is 5.82 Å². The molecule has 3 heteroatoms. The molecule has 0 spiro atoms. The molecule has 1 amide bonds. The number of rotatable bonds is 3. The van der Waals surface area contributed by atoms with Crippen LogP contribution in [-0.2, 0) is 11.3 Å². The second-order valence-corrected chi connectivity index (χ2v) is 5.49. The lowest BCUT2D eigenvalue weighted by Crippen LogP contribution is -2.39. The van der Waals surface area contributed by atoms with Gasteiger partial charge in [0.2, 0.25) is 5.91 Å². The van der Waals surface area contributed by atoms with E-state index < -0.39 is 0 Å². The highest BCUT2D eigenvalue weighted by Crippen LogP contribution is 2.29. The van der Waals surface area contributed by atoms with Gasteiger partial charge in [0, 0.05) is 13.1 Å². The fourth-order valence-electron chi connectivity index (χ4n) is 2.91. The summed E-state index contributed by atoms with van der Waals surface area (Å²) in [6.45, 7) is 1.45. The van der Waals surface area contributed by atoms with Crippen molar-refractivity contribution >= 4 is 5.91 Å². The van der Waals surface area contributed by atoms with Gasteiger partial charge in [-0.05, 0) is 36.1 Å². The molecule has 1 aliphatic heterocycles. The number of carbonyl (C=O) groups is 1. The Balaban J connectivity index is 1.76. The Bertz CT molecular complexity index is 609. The fourth-order valence-corrected chi connectivity index (χ4v) is 2.91. The summed E-state index contributed by atoms with van der Waals surface area (Å²) >= 11 is 0. The van der Waals surface area contributed by atoms with Crippen molar-refractivity contribution in [2.45, 2.75) is 25.3 Å². The van der Waals surface area contributed by atoms with Crippen molar-refractivity contribution < 1.29 is 9.18 Å². The maximum absolute atomic E-state index is 13.0. The van der Waals surface area contributed by atoms with Crippen molar-refractivity contribution in [3.63, 3.8) is 0 Å². The molecule has 1 atom stereocenters. The zero-order chi connectivity index (χ0) is 14.7. The van der Waals surface area contributed by atoms with Gasteiger partial charge in [0.15, 0.2) is 0 Å². The summed E-state index contributed by atoms with van der Waals surface area (Å²) in [5.74, 6) is -0.247. The molecule has 2 aromatic rings. The third kappa shape index (κ3) is 3.13. The second-order valence-electron chi connectivity index (χ2n) is 5.49. The Morgan fingerprint density at radius 2 is 1.76 bits per heavy atom. The average Bonchev–Trinajstić information content (AvgIpc) is 2.52. The highest BCUT2D eigenvalue weighted by molar-refractivity contribution is 5.84. The summed E-state index contributed by atoms with van der Waals surface area (Å²) in [5, 5.41) is 0. The first-order valence-corrected chi connectivity index (χ1v) is 7.32. The van der Waals surface area contributed by atoms with Gasteiger partial charge < -0.3 is 4.90 Å². The van der Waals surface area contributed by atoms with Gasteiger partial charge in [0.25, 0.3) is 0 Å². The second kappa shape index (κ2) is 6.08. The molecule has 0 unspecified atom stereocenters. The SMILES string of the molecule is O=C1[C@H](c2ccc(F)cc2)CCCN1Cc1ccccc1. The van der Waals surface area contributed by atoms with Crippen LogP contribution in [0.5, 0.6) is 0 Å². The van der Waals surface area contributed by atoms with E-state index in [4.69, 9.17) is 0 Å². The molecule has 0 aliphatic carbocycles. The fraction of sp³-hybridized carbons (Fsp3) is 0.278. The van der Waals surface area contributed by atoms with E-state index in [1.165, 1.54) is 12.1 Å². The minimum atomic E-state index is -0.261. The van der Waals surface area contributed by atoms with Crippen LogP contribution in [0.1, 0.15) is 29.9 Å². The van der Waals surface area contributed by atoms with Gasteiger partial charge in [0.1, 0.15) is 5.82 Å². The number of piperidine rings is 1. The maximum Gasteiger partial charge on any atom is 0.230 e.